The molecule has 2 amide bonds. The van der Waals surface area contributed by atoms with Crippen molar-refractivity contribution < 1.29 is 19.1 Å². The van der Waals surface area contributed by atoms with E-state index in [-0.39, 0.29) is 29.2 Å². The molecule has 0 aromatic heterocycles. The van der Waals surface area contributed by atoms with E-state index in [9.17, 15) is 14.4 Å². The standard InChI is InChI=1S/C29H30ClN3O4/c1-37-26-17-25(24(30)16-20(26)19-34)32-27(35)13-15-33-14-12-23(18-33)29(28(31)36,21-8-4-2-5-9-21)22-10-6-3-7-11-22/h2-11,16-17,19,23H,12-15,18H2,1H3,(H2,31,36)(H,32,35)/t23-/m1/s1. The zero-order chi connectivity index (χ0) is 26.4. The molecule has 3 N–H and O–H groups in total. The number of primary amides is 1. The Hall–Kier alpha value is -3.68. The largest absolute Gasteiger partial charge is 0.496 e. The molecule has 37 heavy (non-hydrogen) atoms. The number of halogens is 1. The Labute approximate surface area is 221 Å². The summed E-state index contributed by atoms with van der Waals surface area (Å²) >= 11 is 6.24. The lowest BCUT2D eigenvalue weighted by Crippen LogP contribution is -2.49. The lowest BCUT2D eigenvalue weighted by Gasteiger charge is -2.37. The van der Waals surface area contributed by atoms with Gasteiger partial charge in [0.05, 0.1) is 23.4 Å². The zero-order valence-electron chi connectivity index (χ0n) is 20.7. The van der Waals surface area contributed by atoms with Crippen LogP contribution in [-0.4, -0.2) is 49.7 Å². The summed E-state index contributed by atoms with van der Waals surface area (Å²) in [5, 5.41) is 3.06. The number of likely N-dealkylation sites (tertiary alicyclic amines) is 1. The van der Waals surface area contributed by atoms with Crippen LogP contribution < -0.4 is 15.8 Å². The number of carbonyl (C=O) groups is 3. The second-order valence-electron chi connectivity index (χ2n) is 9.18. The van der Waals surface area contributed by atoms with Crippen molar-refractivity contribution in [2.24, 2.45) is 11.7 Å². The van der Waals surface area contributed by atoms with Gasteiger partial charge in [-0.2, -0.15) is 0 Å². The summed E-state index contributed by atoms with van der Waals surface area (Å²) in [4.78, 5) is 39.3. The molecule has 1 fully saturated rings. The Balaban J connectivity index is 1.48. The van der Waals surface area contributed by atoms with Crippen molar-refractivity contribution in [1.82, 2.24) is 4.90 Å². The van der Waals surface area contributed by atoms with Gasteiger partial charge in [0.2, 0.25) is 11.8 Å². The fraction of sp³-hybridized carbons (Fsp3) is 0.276. The van der Waals surface area contributed by atoms with Gasteiger partial charge in [-0.25, -0.2) is 0 Å². The number of hydrogen-bond donors (Lipinski definition) is 2. The maximum absolute atomic E-state index is 13.2. The molecule has 192 valence electrons. The first-order valence-corrected chi connectivity index (χ1v) is 12.5. The van der Waals surface area contributed by atoms with Gasteiger partial charge in [-0.05, 0) is 36.1 Å². The highest BCUT2D eigenvalue weighted by Crippen LogP contribution is 2.43. The van der Waals surface area contributed by atoms with Crippen LogP contribution in [0.5, 0.6) is 5.75 Å². The Morgan fingerprint density at radius 1 is 1.11 bits per heavy atom. The van der Waals surface area contributed by atoms with Crippen molar-refractivity contribution in [1.29, 1.82) is 0 Å². The van der Waals surface area contributed by atoms with E-state index < -0.39 is 5.41 Å². The van der Waals surface area contributed by atoms with Crippen molar-refractivity contribution in [2.45, 2.75) is 18.3 Å². The molecule has 4 rings (SSSR count). The maximum atomic E-state index is 13.2. The molecule has 0 saturated carbocycles. The van der Waals surface area contributed by atoms with Crippen molar-refractivity contribution in [3.05, 3.63) is 94.5 Å². The second-order valence-corrected chi connectivity index (χ2v) is 9.59. The smallest absolute Gasteiger partial charge is 0.232 e. The normalized spacial score (nSPS) is 15.8. The molecule has 0 spiro atoms. The maximum Gasteiger partial charge on any atom is 0.232 e. The number of amides is 2. The van der Waals surface area contributed by atoms with Crippen LogP contribution in [0, 0.1) is 5.92 Å². The number of benzene rings is 3. The van der Waals surface area contributed by atoms with Gasteiger partial charge >= 0.3 is 0 Å². The summed E-state index contributed by atoms with van der Waals surface area (Å²) in [6, 6.07) is 22.4. The van der Waals surface area contributed by atoms with E-state index in [1.165, 1.54) is 19.2 Å². The number of carbonyl (C=O) groups excluding carboxylic acids is 3. The number of hydrogen-bond acceptors (Lipinski definition) is 5. The van der Waals surface area contributed by atoms with Crippen LogP contribution in [0.4, 0.5) is 5.69 Å². The molecule has 3 aromatic carbocycles. The van der Waals surface area contributed by atoms with E-state index in [0.717, 1.165) is 24.1 Å². The number of nitrogens with one attached hydrogen (secondary N) is 1. The van der Waals surface area contributed by atoms with Gasteiger partial charge in [0.1, 0.15) is 11.2 Å². The van der Waals surface area contributed by atoms with Crippen molar-refractivity contribution in [2.75, 3.05) is 32.1 Å². The van der Waals surface area contributed by atoms with Crippen LogP contribution >= 0.6 is 11.6 Å². The molecule has 0 bridgehead atoms. The quantitative estimate of drug-likeness (QED) is 0.389. The minimum absolute atomic E-state index is 0.0487. The van der Waals surface area contributed by atoms with Crippen LogP contribution in [-0.2, 0) is 15.0 Å². The molecule has 7 nitrogen and oxygen atoms in total. The summed E-state index contributed by atoms with van der Waals surface area (Å²) in [5.41, 5.74) is 7.64. The molecule has 1 atom stereocenters. The van der Waals surface area contributed by atoms with Crippen molar-refractivity contribution in [3.8, 4) is 5.75 Å². The Kier molecular flexibility index (Phi) is 8.26. The Bertz CT molecular complexity index is 1230. The van der Waals surface area contributed by atoms with Gasteiger partial charge in [0.25, 0.3) is 0 Å². The Morgan fingerprint density at radius 2 is 1.73 bits per heavy atom. The number of anilines is 1. The highest BCUT2D eigenvalue weighted by molar-refractivity contribution is 6.34. The average molecular weight is 520 g/mol. The zero-order valence-corrected chi connectivity index (χ0v) is 21.4. The molecule has 1 aliphatic heterocycles. The van der Waals surface area contributed by atoms with Gasteiger partial charge in [0.15, 0.2) is 6.29 Å². The third-order valence-corrected chi connectivity index (χ3v) is 7.42. The monoisotopic (exact) mass is 519 g/mol. The number of nitrogens with zero attached hydrogens (tertiary/aromatic N) is 1. The van der Waals surface area contributed by atoms with Crippen LogP contribution in [0.15, 0.2) is 72.8 Å². The predicted octanol–water partition coefficient (Wildman–Crippen LogP) is 4.28. The number of nitrogens with two attached hydrogens (primary N) is 1. The third kappa shape index (κ3) is 5.38. The molecular weight excluding hydrogens is 490 g/mol. The first-order chi connectivity index (χ1) is 17.9. The van der Waals surface area contributed by atoms with E-state index in [1.54, 1.807) is 0 Å². The van der Waals surface area contributed by atoms with Crippen LogP contribution in [0.1, 0.15) is 34.3 Å². The van der Waals surface area contributed by atoms with Gasteiger partial charge < -0.3 is 20.7 Å². The number of methoxy groups -OCH3 is 1. The first-order valence-electron chi connectivity index (χ1n) is 12.2. The lowest BCUT2D eigenvalue weighted by molar-refractivity contribution is -0.124. The molecule has 1 aliphatic rings. The fourth-order valence-electron chi connectivity index (χ4n) is 5.32. The average Bonchev–Trinajstić information content (AvgIpc) is 3.39. The summed E-state index contributed by atoms with van der Waals surface area (Å²) in [6.45, 7) is 1.89. The number of ether oxygens (including phenoxy) is 1. The molecule has 8 heteroatoms. The molecule has 0 aliphatic carbocycles. The molecule has 0 radical (unpaired) electrons. The van der Waals surface area contributed by atoms with E-state index in [4.69, 9.17) is 22.1 Å². The minimum Gasteiger partial charge on any atom is -0.496 e. The summed E-state index contributed by atoms with van der Waals surface area (Å²) in [7, 11) is 1.45. The van der Waals surface area contributed by atoms with Crippen molar-refractivity contribution in [3.63, 3.8) is 0 Å². The van der Waals surface area contributed by atoms with Crippen LogP contribution in [0.3, 0.4) is 0 Å². The molecule has 1 saturated heterocycles. The topological polar surface area (TPSA) is 102 Å². The summed E-state index contributed by atoms with van der Waals surface area (Å²) in [5.74, 6) is -0.301. The summed E-state index contributed by atoms with van der Waals surface area (Å²) in [6.07, 6.45) is 1.66. The number of aldehydes is 1. The van der Waals surface area contributed by atoms with E-state index in [2.05, 4.69) is 10.2 Å². The second kappa shape index (κ2) is 11.6. The lowest BCUT2D eigenvalue weighted by atomic mass is 9.64. The molecule has 0 unspecified atom stereocenters. The molecule has 3 aromatic rings. The van der Waals surface area contributed by atoms with Gasteiger partial charge in [-0.15, -0.1) is 0 Å². The first kappa shape index (κ1) is 26.4. The van der Waals surface area contributed by atoms with E-state index >= 15 is 0 Å². The third-order valence-electron chi connectivity index (χ3n) is 7.11. The molecular formula is C29H30ClN3O4. The predicted molar refractivity (Wildman–Crippen MR) is 144 cm³/mol. The minimum atomic E-state index is -0.968. The molecule has 1 heterocycles. The van der Waals surface area contributed by atoms with E-state index in [1.807, 2.05) is 60.7 Å². The van der Waals surface area contributed by atoms with Crippen molar-refractivity contribution >= 4 is 35.4 Å². The van der Waals surface area contributed by atoms with Gasteiger partial charge in [-0.1, -0.05) is 72.3 Å². The van der Waals surface area contributed by atoms with Crippen LogP contribution in [0.2, 0.25) is 5.02 Å². The highest BCUT2D eigenvalue weighted by Gasteiger charge is 2.49. The summed E-state index contributed by atoms with van der Waals surface area (Å²) < 4.78 is 5.20. The number of rotatable bonds is 10. The fourth-order valence-corrected chi connectivity index (χ4v) is 5.54. The Morgan fingerprint density at radius 3 is 2.27 bits per heavy atom. The van der Waals surface area contributed by atoms with Gasteiger partial charge in [-0.3, -0.25) is 14.4 Å². The van der Waals surface area contributed by atoms with E-state index in [0.29, 0.717) is 36.4 Å². The van der Waals surface area contributed by atoms with Crippen LogP contribution in [0.25, 0.3) is 0 Å². The highest BCUT2D eigenvalue weighted by atomic mass is 35.5. The SMILES string of the molecule is COc1cc(NC(=O)CCN2CC[C@@H](C(C(N)=O)(c3ccccc3)c3ccccc3)C2)c(Cl)cc1C=O. The van der Waals surface area contributed by atoms with Gasteiger partial charge in [0, 0.05) is 25.6 Å².